The van der Waals surface area contributed by atoms with Crippen molar-refractivity contribution in [2.45, 2.75) is 12.0 Å². The number of aliphatic hydroxyl groups is 1. The molecule has 1 atom stereocenters. The van der Waals surface area contributed by atoms with E-state index in [2.05, 4.69) is 0 Å². The molecule has 0 bridgehead atoms. The monoisotopic (exact) mass is 271 g/mol. The third kappa shape index (κ3) is 3.09. The molecule has 98 valence electrons. The van der Waals surface area contributed by atoms with Crippen LogP contribution >= 0.6 is 12.4 Å². The second-order valence-corrected chi connectivity index (χ2v) is 3.29. The minimum atomic E-state index is -3.69. The zero-order valence-electron chi connectivity index (χ0n) is 8.47. The van der Waals surface area contributed by atoms with Crippen LogP contribution < -0.4 is 5.73 Å². The highest BCUT2D eigenvalue weighted by atomic mass is 35.5. The van der Waals surface area contributed by atoms with E-state index >= 15 is 0 Å². The van der Waals surface area contributed by atoms with E-state index in [0.29, 0.717) is 0 Å². The summed E-state index contributed by atoms with van der Waals surface area (Å²) < 4.78 is 26.1. The number of alkyl halides is 2. The van der Waals surface area contributed by atoms with Crippen LogP contribution in [0.4, 0.5) is 8.78 Å². The fraction of sp³-hybridized carbons (Fsp3) is 0.333. The zero-order valence-corrected chi connectivity index (χ0v) is 9.29. The Labute approximate surface area is 102 Å². The van der Waals surface area contributed by atoms with Gasteiger partial charge >= 0.3 is 0 Å². The third-order valence-corrected chi connectivity index (χ3v) is 2.10. The average Bonchev–Trinajstić information content (AvgIpc) is 2.15. The first-order chi connectivity index (χ1) is 7.29. The molecule has 0 aromatic heterocycles. The van der Waals surface area contributed by atoms with E-state index < -0.39 is 41.4 Å². The molecule has 0 heterocycles. The maximum atomic E-state index is 13.0. The van der Waals surface area contributed by atoms with Crippen LogP contribution in [0.2, 0.25) is 0 Å². The van der Waals surface area contributed by atoms with Crippen LogP contribution in [0.25, 0.3) is 0 Å². The summed E-state index contributed by atoms with van der Waals surface area (Å²) in [5.74, 6) is -5.71. The summed E-state index contributed by atoms with van der Waals surface area (Å²) in [6.07, 6.45) is 0. The molecule has 0 amide bonds. The maximum Gasteiger partial charge on any atom is 0.289 e. The number of rotatable bonds is 3. The fourth-order valence-electron chi connectivity index (χ4n) is 1.24. The summed E-state index contributed by atoms with van der Waals surface area (Å²) in [7, 11) is 0. The van der Waals surface area contributed by atoms with Crippen LogP contribution in [0.5, 0.6) is 17.2 Å². The van der Waals surface area contributed by atoms with Gasteiger partial charge < -0.3 is 26.2 Å². The van der Waals surface area contributed by atoms with E-state index in [-0.39, 0.29) is 12.4 Å². The van der Waals surface area contributed by atoms with Gasteiger partial charge in [-0.15, -0.1) is 12.4 Å². The molecule has 0 saturated carbocycles. The highest BCUT2D eigenvalue weighted by molar-refractivity contribution is 5.85. The van der Waals surface area contributed by atoms with Crippen LogP contribution in [-0.4, -0.2) is 33.0 Å². The van der Waals surface area contributed by atoms with Gasteiger partial charge in [0.25, 0.3) is 5.92 Å². The molecule has 1 aromatic carbocycles. The summed E-state index contributed by atoms with van der Waals surface area (Å²) in [5.41, 5.74) is 4.50. The first-order valence-corrected chi connectivity index (χ1v) is 4.28. The summed E-state index contributed by atoms with van der Waals surface area (Å²) >= 11 is 0. The van der Waals surface area contributed by atoms with E-state index in [9.17, 15) is 19.0 Å². The number of aromatic hydroxyl groups is 3. The zero-order chi connectivity index (χ0) is 12.5. The molecule has 0 saturated heterocycles. The van der Waals surface area contributed by atoms with Gasteiger partial charge in [0.15, 0.2) is 0 Å². The molecule has 6 N–H and O–H groups in total. The Morgan fingerprint density at radius 2 is 1.59 bits per heavy atom. The van der Waals surface area contributed by atoms with Crippen LogP contribution in [0.15, 0.2) is 12.1 Å². The minimum absolute atomic E-state index is 0. The van der Waals surface area contributed by atoms with Crippen LogP contribution in [0.3, 0.4) is 0 Å². The Hall–Kier alpha value is -1.31. The van der Waals surface area contributed by atoms with E-state index in [0.717, 1.165) is 12.1 Å². The molecule has 8 heteroatoms. The van der Waals surface area contributed by atoms with Gasteiger partial charge in [-0.3, -0.25) is 0 Å². The molecule has 1 aromatic rings. The van der Waals surface area contributed by atoms with Crippen molar-refractivity contribution in [1.82, 2.24) is 0 Å². The molecule has 1 rings (SSSR count). The van der Waals surface area contributed by atoms with E-state index in [1.54, 1.807) is 0 Å². The number of phenolic OH excluding ortho intramolecular Hbond substituents is 3. The van der Waals surface area contributed by atoms with Gasteiger partial charge in [-0.1, -0.05) is 0 Å². The fourth-order valence-corrected chi connectivity index (χ4v) is 1.24. The number of benzene rings is 1. The normalized spacial score (nSPS) is 12.9. The second-order valence-electron chi connectivity index (χ2n) is 3.29. The quantitative estimate of drug-likeness (QED) is 0.560. The third-order valence-electron chi connectivity index (χ3n) is 2.10. The molecule has 0 spiro atoms. The number of hydrogen-bond donors (Lipinski definition) is 5. The lowest BCUT2D eigenvalue weighted by Gasteiger charge is -2.23. The number of nitrogens with two attached hydrogens (primary N) is 1. The van der Waals surface area contributed by atoms with Crippen molar-refractivity contribution in [3.05, 3.63) is 17.7 Å². The largest absolute Gasteiger partial charge is 0.508 e. The highest BCUT2D eigenvalue weighted by Crippen LogP contribution is 2.41. The molecular formula is C9H12ClF2NO4. The van der Waals surface area contributed by atoms with Gasteiger partial charge in [0.1, 0.15) is 29.9 Å². The predicted octanol–water partition coefficient (Wildman–Crippen LogP) is 0.853. The number of halogens is 3. The average molecular weight is 272 g/mol. The smallest absolute Gasteiger partial charge is 0.289 e. The Morgan fingerprint density at radius 1 is 1.18 bits per heavy atom. The number of hydrogen-bond acceptors (Lipinski definition) is 5. The lowest BCUT2D eigenvalue weighted by atomic mass is 9.99. The van der Waals surface area contributed by atoms with Crippen molar-refractivity contribution >= 4 is 12.4 Å². The Kier molecular flexibility index (Phi) is 4.94. The van der Waals surface area contributed by atoms with E-state index in [1.807, 2.05) is 0 Å². The second kappa shape index (κ2) is 5.35. The Bertz CT molecular complexity index is 380. The van der Waals surface area contributed by atoms with Crippen LogP contribution in [-0.2, 0) is 0 Å². The lowest BCUT2D eigenvalue weighted by Crippen LogP contribution is -2.36. The van der Waals surface area contributed by atoms with Crippen LogP contribution in [0.1, 0.15) is 11.6 Å². The van der Waals surface area contributed by atoms with Crippen molar-refractivity contribution < 1.29 is 29.2 Å². The van der Waals surface area contributed by atoms with Gasteiger partial charge in [0.05, 0.1) is 5.56 Å². The lowest BCUT2D eigenvalue weighted by molar-refractivity contribution is -0.0720. The van der Waals surface area contributed by atoms with Crippen molar-refractivity contribution in [3.8, 4) is 17.2 Å². The van der Waals surface area contributed by atoms with Crippen molar-refractivity contribution in [2.24, 2.45) is 5.73 Å². The molecule has 0 aliphatic carbocycles. The SMILES string of the molecule is Cl.N[C@H](c1c(O)cc(O)cc1O)C(F)(F)CO. The maximum absolute atomic E-state index is 13.0. The molecule has 0 aliphatic heterocycles. The predicted molar refractivity (Wildman–Crippen MR) is 57.6 cm³/mol. The minimum Gasteiger partial charge on any atom is -0.508 e. The molecule has 0 radical (unpaired) electrons. The molecule has 17 heavy (non-hydrogen) atoms. The van der Waals surface area contributed by atoms with Crippen molar-refractivity contribution in [3.63, 3.8) is 0 Å². The van der Waals surface area contributed by atoms with E-state index in [4.69, 9.17) is 15.9 Å². The van der Waals surface area contributed by atoms with Crippen LogP contribution in [0, 0.1) is 0 Å². The molecular weight excluding hydrogens is 260 g/mol. The van der Waals surface area contributed by atoms with Crippen molar-refractivity contribution in [1.29, 1.82) is 0 Å². The number of aliphatic hydroxyl groups excluding tert-OH is 1. The molecule has 5 nitrogen and oxygen atoms in total. The van der Waals surface area contributed by atoms with Gasteiger partial charge in [-0.05, 0) is 0 Å². The van der Waals surface area contributed by atoms with Gasteiger partial charge in [-0.2, -0.15) is 0 Å². The Morgan fingerprint density at radius 3 is 1.94 bits per heavy atom. The Balaban J connectivity index is 0.00000256. The highest BCUT2D eigenvalue weighted by Gasteiger charge is 2.40. The van der Waals surface area contributed by atoms with Gasteiger partial charge in [0, 0.05) is 12.1 Å². The van der Waals surface area contributed by atoms with E-state index in [1.165, 1.54) is 0 Å². The number of phenols is 3. The van der Waals surface area contributed by atoms with Gasteiger partial charge in [-0.25, -0.2) is 8.78 Å². The molecule has 0 unspecified atom stereocenters. The summed E-state index contributed by atoms with van der Waals surface area (Å²) in [6, 6.07) is -0.539. The van der Waals surface area contributed by atoms with Gasteiger partial charge in [0.2, 0.25) is 0 Å². The van der Waals surface area contributed by atoms with Crippen molar-refractivity contribution in [2.75, 3.05) is 6.61 Å². The topological polar surface area (TPSA) is 107 Å². The summed E-state index contributed by atoms with van der Waals surface area (Å²) in [5, 5.41) is 36.0. The molecule has 0 aliphatic rings. The molecule has 0 fully saturated rings. The summed E-state index contributed by atoms with van der Waals surface area (Å²) in [6.45, 7) is -1.52. The summed E-state index contributed by atoms with van der Waals surface area (Å²) in [4.78, 5) is 0. The standard InChI is InChI=1S/C9H11F2NO4.ClH/c10-9(11,3-13)8(12)7-5(15)1-4(14)2-6(7)16;/h1-2,8,13-16H,3,12H2;1H/t8-;/m1./s1. The first-order valence-electron chi connectivity index (χ1n) is 4.28. The first kappa shape index (κ1) is 15.7.